The van der Waals surface area contributed by atoms with E-state index in [4.69, 9.17) is 0 Å². The van der Waals surface area contributed by atoms with Crippen LogP contribution in [0.15, 0.2) is 29.2 Å². The molecule has 1 amide bonds. The smallest absolute Gasteiger partial charge is 0.241 e. The average Bonchev–Trinajstić information content (AvgIpc) is 2.44. The van der Waals surface area contributed by atoms with Gasteiger partial charge in [0.1, 0.15) is 0 Å². The van der Waals surface area contributed by atoms with E-state index in [0.29, 0.717) is 0 Å². The molecule has 0 spiro atoms. The summed E-state index contributed by atoms with van der Waals surface area (Å²) in [7, 11) is 1.95. The predicted octanol–water partition coefficient (Wildman–Crippen LogP) is 3.47. The maximum absolute atomic E-state index is 12.0. The fourth-order valence-electron chi connectivity index (χ4n) is 1.58. The summed E-state index contributed by atoms with van der Waals surface area (Å²) >= 11 is 1.84. The molecule has 19 heavy (non-hydrogen) atoms. The van der Waals surface area contributed by atoms with Crippen molar-refractivity contribution < 1.29 is 4.79 Å². The van der Waals surface area contributed by atoms with Crippen molar-refractivity contribution in [2.24, 2.45) is 0 Å². The quantitative estimate of drug-likeness (QED) is 0.776. The first-order valence-electron chi connectivity index (χ1n) is 6.82. The van der Waals surface area contributed by atoms with Crippen LogP contribution in [0.3, 0.4) is 0 Å². The first-order chi connectivity index (χ1) is 9.08. The Bertz CT molecular complexity index is 392. The molecule has 0 heterocycles. The largest absolute Gasteiger partial charge is 0.325 e. The summed E-state index contributed by atoms with van der Waals surface area (Å²) in [5, 5.41) is 2.95. The maximum atomic E-state index is 12.0. The fraction of sp³-hybridized carbons (Fsp3) is 0.533. The van der Waals surface area contributed by atoms with Gasteiger partial charge < -0.3 is 5.32 Å². The lowest BCUT2D eigenvalue weighted by Gasteiger charge is -2.22. The van der Waals surface area contributed by atoms with Gasteiger partial charge in [-0.15, -0.1) is 11.8 Å². The number of carbonyl (C=O) groups excluding carboxylic acids is 1. The van der Waals surface area contributed by atoms with Gasteiger partial charge in [0.25, 0.3) is 0 Å². The van der Waals surface area contributed by atoms with Crippen LogP contribution in [-0.4, -0.2) is 36.2 Å². The van der Waals surface area contributed by atoms with Crippen LogP contribution in [0.5, 0.6) is 0 Å². The van der Waals surface area contributed by atoms with E-state index in [2.05, 4.69) is 24.4 Å². The third-order valence-electron chi connectivity index (χ3n) is 3.13. The van der Waals surface area contributed by atoms with Crippen molar-refractivity contribution in [3.8, 4) is 0 Å². The van der Waals surface area contributed by atoms with Gasteiger partial charge in [0.15, 0.2) is 0 Å². The molecule has 1 atom stereocenters. The Morgan fingerprint density at radius 2 is 1.95 bits per heavy atom. The van der Waals surface area contributed by atoms with E-state index >= 15 is 0 Å². The highest BCUT2D eigenvalue weighted by atomic mass is 32.2. The second-order valence-corrected chi connectivity index (χ2v) is 5.78. The standard InChI is InChI=1S/C15H24N2OS/c1-5-11-19-14-9-7-13(8-10-14)16-15(18)12(3)17(4)6-2/h7-10,12H,5-6,11H2,1-4H3,(H,16,18). The van der Waals surface area contributed by atoms with Crippen LogP contribution >= 0.6 is 11.8 Å². The minimum atomic E-state index is -0.112. The molecule has 0 fully saturated rings. The van der Waals surface area contributed by atoms with Gasteiger partial charge in [0.05, 0.1) is 6.04 Å². The van der Waals surface area contributed by atoms with Gasteiger partial charge >= 0.3 is 0 Å². The van der Waals surface area contributed by atoms with E-state index in [1.165, 1.54) is 11.3 Å². The number of thioether (sulfide) groups is 1. The number of carbonyl (C=O) groups is 1. The number of nitrogens with zero attached hydrogens (tertiary/aromatic N) is 1. The van der Waals surface area contributed by atoms with Crippen molar-refractivity contribution in [1.29, 1.82) is 0 Å². The zero-order valence-electron chi connectivity index (χ0n) is 12.3. The minimum absolute atomic E-state index is 0.0401. The average molecular weight is 280 g/mol. The summed E-state index contributed by atoms with van der Waals surface area (Å²) < 4.78 is 0. The molecule has 1 aromatic carbocycles. The van der Waals surface area contributed by atoms with Gasteiger partial charge in [0.2, 0.25) is 5.91 Å². The maximum Gasteiger partial charge on any atom is 0.241 e. The Labute approximate surface area is 120 Å². The van der Waals surface area contributed by atoms with Crippen molar-refractivity contribution in [1.82, 2.24) is 4.90 Å². The number of rotatable bonds is 7. The van der Waals surface area contributed by atoms with Crippen LogP contribution in [0.2, 0.25) is 0 Å². The van der Waals surface area contributed by atoms with Crippen LogP contribution in [-0.2, 0) is 4.79 Å². The van der Waals surface area contributed by atoms with Crippen molar-refractivity contribution in [2.75, 3.05) is 24.7 Å². The first kappa shape index (κ1) is 16.1. The number of likely N-dealkylation sites (N-methyl/N-ethyl adjacent to an activating group) is 1. The van der Waals surface area contributed by atoms with Gasteiger partial charge in [-0.2, -0.15) is 0 Å². The summed E-state index contributed by atoms with van der Waals surface area (Å²) in [5.41, 5.74) is 0.863. The highest BCUT2D eigenvalue weighted by molar-refractivity contribution is 7.99. The molecule has 106 valence electrons. The van der Waals surface area contributed by atoms with Gasteiger partial charge in [-0.05, 0) is 57.0 Å². The monoisotopic (exact) mass is 280 g/mol. The van der Waals surface area contributed by atoms with Crippen LogP contribution in [0.1, 0.15) is 27.2 Å². The topological polar surface area (TPSA) is 32.3 Å². The molecule has 0 aliphatic rings. The van der Waals surface area contributed by atoms with E-state index in [9.17, 15) is 4.79 Å². The second-order valence-electron chi connectivity index (χ2n) is 4.61. The van der Waals surface area contributed by atoms with Crippen molar-refractivity contribution in [3.63, 3.8) is 0 Å². The second kappa shape index (κ2) is 8.23. The molecule has 1 N–H and O–H groups in total. The number of benzene rings is 1. The number of nitrogens with one attached hydrogen (secondary N) is 1. The molecule has 1 unspecified atom stereocenters. The molecular formula is C15H24N2OS. The van der Waals surface area contributed by atoms with Gasteiger partial charge in [-0.1, -0.05) is 13.8 Å². The molecule has 0 bridgehead atoms. The van der Waals surface area contributed by atoms with E-state index in [1.807, 2.05) is 49.7 Å². The summed E-state index contributed by atoms with van der Waals surface area (Å²) in [6.45, 7) is 7.00. The molecule has 0 saturated carbocycles. The van der Waals surface area contributed by atoms with Crippen LogP contribution in [0.4, 0.5) is 5.69 Å². The zero-order valence-corrected chi connectivity index (χ0v) is 13.1. The van der Waals surface area contributed by atoms with Crippen molar-refractivity contribution in [2.45, 2.75) is 38.1 Å². The summed E-state index contributed by atoms with van der Waals surface area (Å²) in [4.78, 5) is 15.3. The highest BCUT2D eigenvalue weighted by Crippen LogP contribution is 2.21. The normalized spacial score (nSPS) is 12.5. The van der Waals surface area contributed by atoms with Gasteiger partial charge in [-0.3, -0.25) is 9.69 Å². The predicted molar refractivity (Wildman–Crippen MR) is 83.9 cm³/mol. The molecule has 0 aliphatic heterocycles. The van der Waals surface area contributed by atoms with Crippen LogP contribution < -0.4 is 5.32 Å². The summed E-state index contributed by atoms with van der Waals surface area (Å²) in [6.07, 6.45) is 1.17. The number of hydrogen-bond acceptors (Lipinski definition) is 3. The van der Waals surface area contributed by atoms with E-state index in [-0.39, 0.29) is 11.9 Å². The zero-order chi connectivity index (χ0) is 14.3. The highest BCUT2D eigenvalue weighted by Gasteiger charge is 2.16. The molecule has 0 radical (unpaired) electrons. The Morgan fingerprint density at radius 3 is 2.47 bits per heavy atom. The Balaban J connectivity index is 2.55. The van der Waals surface area contributed by atoms with Gasteiger partial charge in [-0.25, -0.2) is 0 Å². The molecular weight excluding hydrogens is 256 g/mol. The van der Waals surface area contributed by atoms with Crippen LogP contribution in [0.25, 0.3) is 0 Å². The van der Waals surface area contributed by atoms with Crippen molar-refractivity contribution in [3.05, 3.63) is 24.3 Å². The van der Waals surface area contributed by atoms with E-state index in [1.54, 1.807) is 0 Å². The number of hydrogen-bond donors (Lipinski definition) is 1. The third kappa shape index (κ3) is 5.25. The number of anilines is 1. The summed E-state index contributed by atoms with van der Waals surface area (Å²) in [5.74, 6) is 1.17. The molecule has 4 heteroatoms. The Morgan fingerprint density at radius 1 is 1.32 bits per heavy atom. The molecule has 1 rings (SSSR count). The molecule has 0 aliphatic carbocycles. The fourth-order valence-corrected chi connectivity index (χ4v) is 2.34. The van der Waals surface area contributed by atoms with E-state index in [0.717, 1.165) is 18.0 Å². The lowest BCUT2D eigenvalue weighted by molar-refractivity contribution is -0.120. The molecule has 0 saturated heterocycles. The minimum Gasteiger partial charge on any atom is -0.325 e. The van der Waals surface area contributed by atoms with Crippen molar-refractivity contribution >= 4 is 23.4 Å². The summed E-state index contributed by atoms with van der Waals surface area (Å²) in [6, 6.07) is 7.94. The van der Waals surface area contributed by atoms with Crippen LogP contribution in [0, 0.1) is 0 Å². The molecule has 1 aromatic rings. The third-order valence-corrected chi connectivity index (χ3v) is 4.35. The molecule has 0 aromatic heterocycles. The van der Waals surface area contributed by atoms with E-state index < -0.39 is 0 Å². The lowest BCUT2D eigenvalue weighted by atomic mass is 10.2. The number of amides is 1. The Kier molecular flexibility index (Phi) is 6.95. The molecule has 3 nitrogen and oxygen atoms in total. The SMILES string of the molecule is CCCSc1ccc(NC(=O)C(C)N(C)CC)cc1. The van der Waals surface area contributed by atoms with Gasteiger partial charge in [0, 0.05) is 10.6 Å². The lowest BCUT2D eigenvalue weighted by Crippen LogP contribution is -2.39. The first-order valence-corrected chi connectivity index (χ1v) is 7.81. The Hall–Kier alpha value is -1.00.